The van der Waals surface area contributed by atoms with E-state index in [1.807, 2.05) is 0 Å². The molecule has 5 heteroatoms. The summed E-state index contributed by atoms with van der Waals surface area (Å²) in [5.74, 6) is -1.18. The number of hydrogen-bond acceptors (Lipinski definition) is 3. The highest BCUT2D eigenvalue weighted by Crippen LogP contribution is 2.32. The number of nitrogens with one attached hydrogen (secondary N) is 1. The van der Waals surface area contributed by atoms with Crippen LogP contribution in [0.3, 0.4) is 0 Å². The molecule has 0 amide bonds. The Kier molecular flexibility index (Phi) is 2.55. The summed E-state index contributed by atoms with van der Waals surface area (Å²) in [4.78, 5) is 0. The van der Waals surface area contributed by atoms with E-state index in [9.17, 15) is 8.78 Å². The molecular formula is C12H12F2N2O. The van der Waals surface area contributed by atoms with Crippen LogP contribution in [-0.4, -0.2) is 18.2 Å². The van der Waals surface area contributed by atoms with Crippen molar-refractivity contribution in [3.05, 3.63) is 29.5 Å². The lowest BCUT2D eigenvalue weighted by atomic mass is 9.90. The second-order valence-corrected chi connectivity index (χ2v) is 4.37. The predicted octanol–water partition coefficient (Wildman–Crippen LogP) is 2.57. The van der Waals surface area contributed by atoms with E-state index < -0.39 is 11.6 Å². The lowest BCUT2D eigenvalue weighted by Gasteiger charge is -2.23. The van der Waals surface area contributed by atoms with Crippen LogP contribution in [0, 0.1) is 11.6 Å². The average Bonchev–Trinajstić information content (AvgIpc) is 2.78. The molecule has 0 aliphatic carbocycles. The van der Waals surface area contributed by atoms with E-state index in [1.54, 1.807) is 0 Å². The number of fused-ring (bicyclic) bond motifs is 1. The molecule has 1 aromatic carbocycles. The van der Waals surface area contributed by atoms with Crippen molar-refractivity contribution in [2.75, 3.05) is 13.1 Å². The quantitative estimate of drug-likeness (QED) is 0.829. The molecule has 0 spiro atoms. The van der Waals surface area contributed by atoms with Gasteiger partial charge in [0.25, 0.3) is 0 Å². The van der Waals surface area contributed by atoms with Crippen LogP contribution in [0.4, 0.5) is 8.78 Å². The van der Waals surface area contributed by atoms with Gasteiger partial charge in [-0.15, -0.1) is 0 Å². The second kappa shape index (κ2) is 4.07. The maximum atomic E-state index is 14.2. The van der Waals surface area contributed by atoms with E-state index in [4.69, 9.17) is 4.52 Å². The van der Waals surface area contributed by atoms with E-state index in [0.717, 1.165) is 19.4 Å². The Bertz CT molecular complexity index is 547. The fourth-order valence-corrected chi connectivity index (χ4v) is 2.43. The van der Waals surface area contributed by atoms with Crippen LogP contribution in [0.25, 0.3) is 11.0 Å². The van der Waals surface area contributed by atoms with Crippen molar-refractivity contribution in [3.63, 3.8) is 0 Å². The number of aromatic nitrogens is 1. The van der Waals surface area contributed by atoms with Gasteiger partial charge in [-0.05, 0) is 19.4 Å². The smallest absolute Gasteiger partial charge is 0.172 e. The van der Waals surface area contributed by atoms with Crippen LogP contribution in [0.15, 0.2) is 16.8 Å². The zero-order valence-electron chi connectivity index (χ0n) is 9.17. The van der Waals surface area contributed by atoms with Crippen molar-refractivity contribution in [2.24, 2.45) is 0 Å². The number of nitrogens with zero attached hydrogens (tertiary/aromatic N) is 1. The molecule has 1 atom stereocenters. The highest BCUT2D eigenvalue weighted by Gasteiger charge is 2.25. The molecule has 1 N–H and O–H groups in total. The van der Waals surface area contributed by atoms with Gasteiger partial charge in [0.15, 0.2) is 5.58 Å². The van der Waals surface area contributed by atoms with Gasteiger partial charge in [0.05, 0.1) is 11.6 Å². The molecule has 1 unspecified atom stereocenters. The summed E-state index contributed by atoms with van der Waals surface area (Å²) in [5.41, 5.74) is 0.320. The van der Waals surface area contributed by atoms with Crippen molar-refractivity contribution in [1.82, 2.24) is 10.5 Å². The number of piperidine rings is 1. The molecule has 1 aliphatic rings. The summed E-state index contributed by atoms with van der Waals surface area (Å²) in [7, 11) is 0. The van der Waals surface area contributed by atoms with Crippen LogP contribution in [0.2, 0.25) is 0 Å². The van der Waals surface area contributed by atoms with Crippen molar-refractivity contribution in [3.8, 4) is 0 Å². The van der Waals surface area contributed by atoms with Crippen LogP contribution >= 0.6 is 0 Å². The Balaban J connectivity index is 2.13. The zero-order chi connectivity index (χ0) is 11.8. The number of hydrogen-bond donors (Lipinski definition) is 1. The molecule has 0 bridgehead atoms. The van der Waals surface area contributed by atoms with E-state index in [2.05, 4.69) is 10.5 Å². The molecule has 3 nitrogen and oxygen atoms in total. The van der Waals surface area contributed by atoms with Crippen LogP contribution in [0.5, 0.6) is 0 Å². The third-order valence-corrected chi connectivity index (χ3v) is 3.29. The van der Waals surface area contributed by atoms with Crippen molar-refractivity contribution < 1.29 is 13.3 Å². The predicted molar refractivity (Wildman–Crippen MR) is 58.8 cm³/mol. The third-order valence-electron chi connectivity index (χ3n) is 3.29. The van der Waals surface area contributed by atoms with Gasteiger partial charge in [-0.3, -0.25) is 0 Å². The maximum Gasteiger partial charge on any atom is 0.172 e. The van der Waals surface area contributed by atoms with Crippen LogP contribution in [-0.2, 0) is 0 Å². The summed E-state index contributed by atoms with van der Waals surface area (Å²) in [5, 5.41) is 6.91. The Hall–Kier alpha value is -1.49. The number of halogens is 2. The minimum Gasteiger partial charge on any atom is -0.356 e. The molecular weight excluding hydrogens is 226 g/mol. The largest absolute Gasteiger partial charge is 0.356 e. The molecule has 1 fully saturated rings. The Morgan fingerprint density at radius 1 is 1.41 bits per heavy atom. The van der Waals surface area contributed by atoms with Gasteiger partial charge in [-0.2, -0.15) is 0 Å². The van der Waals surface area contributed by atoms with Gasteiger partial charge in [0.1, 0.15) is 11.6 Å². The minimum absolute atomic E-state index is 0.108. The summed E-state index contributed by atoms with van der Waals surface area (Å²) in [6, 6.07) is 1.22. The molecule has 1 saturated heterocycles. The fraction of sp³-hybridized carbons (Fsp3) is 0.417. The van der Waals surface area contributed by atoms with Gasteiger partial charge < -0.3 is 9.84 Å². The molecule has 0 radical (unpaired) electrons. The molecule has 90 valence electrons. The van der Waals surface area contributed by atoms with Gasteiger partial charge in [0, 0.05) is 24.1 Å². The van der Waals surface area contributed by atoms with Crippen molar-refractivity contribution >= 4 is 11.0 Å². The molecule has 3 rings (SSSR count). The van der Waals surface area contributed by atoms with Gasteiger partial charge in [-0.25, -0.2) is 8.78 Å². The first kappa shape index (κ1) is 10.7. The minimum atomic E-state index is -0.541. The van der Waals surface area contributed by atoms with E-state index >= 15 is 0 Å². The van der Waals surface area contributed by atoms with Gasteiger partial charge >= 0.3 is 0 Å². The highest BCUT2D eigenvalue weighted by molar-refractivity contribution is 5.78. The lowest BCUT2D eigenvalue weighted by Crippen LogP contribution is -2.29. The molecule has 2 aromatic rings. The lowest BCUT2D eigenvalue weighted by molar-refractivity contribution is 0.427. The molecule has 2 heterocycles. The van der Waals surface area contributed by atoms with Crippen LogP contribution < -0.4 is 5.32 Å². The number of rotatable bonds is 1. The first-order valence-corrected chi connectivity index (χ1v) is 5.70. The summed E-state index contributed by atoms with van der Waals surface area (Å²) in [6.07, 6.45) is 3.03. The van der Waals surface area contributed by atoms with Crippen molar-refractivity contribution in [1.29, 1.82) is 0 Å². The summed E-state index contributed by atoms with van der Waals surface area (Å²) < 4.78 is 32.8. The van der Waals surface area contributed by atoms with Gasteiger partial charge in [0.2, 0.25) is 0 Å². The highest BCUT2D eigenvalue weighted by atomic mass is 19.1. The Labute approximate surface area is 96.8 Å². The average molecular weight is 238 g/mol. The van der Waals surface area contributed by atoms with E-state index in [1.165, 1.54) is 12.3 Å². The van der Waals surface area contributed by atoms with Gasteiger partial charge in [-0.1, -0.05) is 5.16 Å². The molecule has 17 heavy (non-hydrogen) atoms. The van der Waals surface area contributed by atoms with E-state index in [0.29, 0.717) is 6.54 Å². The Morgan fingerprint density at radius 3 is 3.06 bits per heavy atom. The topological polar surface area (TPSA) is 38.1 Å². The summed E-state index contributed by atoms with van der Waals surface area (Å²) in [6.45, 7) is 1.53. The Morgan fingerprint density at radius 2 is 2.29 bits per heavy atom. The maximum absolute atomic E-state index is 14.2. The van der Waals surface area contributed by atoms with Crippen LogP contribution in [0.1, 0.15) is 24.3 Å². The van der Waals surface area contributed by atoms with Crippen molar-refractivity contribution in [2.45, 2.75) is 18.8 Å². The third kappa shape index (κ3) is 1.70. The molecule has 1 aliphatic heterocycles. The second-order valence-electron chi connectivity index (χ2n) is 4.37. The first-order valence-electron chi connectivity index (χ1n) is 5.70. The fourth-order valence-electron chi connectivity index (χ4n) is 2.43. The zero-order valence-corrected chi connectivity index (χ0v) is 9.17. The summed E-state index contributed by atoms with van der Waals surface area (Å²) >= 11 is 0. The van der Waals surface area contributed by atoms with E-state index in [-0.39, 0.29) is 22.5 Å². The monoisotopic (exact) mass is 238 g/mol. The number of benzene rings is 1. The normalized spacial score (nSPS) is 20.9. The standard InChI is InChI=1S/C12H12F2N2O/c13-9-4-10-8(6-16-17-10)12(14)11(9)7-2-1-3-15-5-7/h4,6-7,15H,1-3,5H2. The molecule has 0 saturated carbocycles. The molecule has 1 aromatic heterocycles. The first-order chi connectivity index (χ1) is 8.27. The SMILES string of the molecule is Fc1cc2oncc2c(F)c1C1CCCNC1.